The van der Waals surface area contributed by atoms with Crippen LogP contribution < -0.4 is 15.5 Å². The molecule has 27 heavy (non-hydrogen) atoms. The normalized spacial score (nSPS) is 11.0. The minimum Gasteiger partial charge on any atom is -0.374 e. The second kappa shape index (κ2) is 13.3. The summed E-state index contributed by atoms with van der Waals surface area (Å²) in [6.07, 6.45) is 5.64. The van der Waals surface area contributed by atoms with E-state index in [0.29, 0.717) is 6.54 Å². The maximum atomic E-state index is 13.3. The molecule has 0 bridgehead atoms. The molecule has 1 aromatic heterocycles. The van der Waals surface area contributed by atoms with Gasteiger partial charge in [0.2, 0.25) is 0 Å². The Labute approximate surface area is 178 Å². The van der Waals surface area contributed by atoms with E-state index in [0.717, 1.165) is 50.7 Å². The molecule has 8 heteroatoms. The Balaban J connectivity index is 0.00000364. The van der Waals surface area contributed by atoms with E-state index in [1.165, 1.54) is 6.07 Å². The lowest BCUT2D eigenvalue weighted by atomic mass is 10.2. The van der Waals surface area contributed by atoms with Gasteiger partial charge in [0.1, 0.15) is 5.82 Å². The molecule has 0 unspecified atom stereocenters. The number of anilines is 1. The predicted molar refractivity (Wildman–Crippen MR) is 121 cm³/mol. The molecular weight excluding hydrogens is 458 g/mol. The molecule has 1 heterocycles. The summed E-state index contributed by atoms with van der Waals surface area (Å²) in [5.41, 5.74) is 0.887. The molecule has 0 aliphatic rings. The van der Waals surface area contributed by atoms with Crippen LogP contribution in [-0.4, -0.2) is 49.0 Å². The average Bonchev–Trinajstić information content (AvgIpc) is 3.15. The van der Waals surface area contributed by atoms with E-state index in [1.54, 1.807) is 18.3 Å². The highest BCUT2D eigenvalue weighted by atomic mass is 127. The number of nitrogens with one attached hydrogen (secondary N) is 2. The average molecular weight is 488 g/mol. The predicted octanol–water partition coefficient (Wildman–Crippen LogP) is 3.11. The molecule has 0 amide bonds. The van der Waals surface area contributed by atoms with Gasteiger partial charge in [-0.1, -0.05) is 6.07 Å². The number of aryl methyl sites for hydroxylation is 1. The molecule has 0 fully saturated rings. The number of hydrogen-bond donors (Lipinski definition) is 2. The quantitative estimate of drug-likeness (QED) is 0.234. The third-order valence-electron chi connectivity index (χ3n) is 3.93. The van der Waals surface area contributed by atoms with Crippen molar-refractivity contribution in [1.82, 2.24) is 20.4 Å². The summed E-state index contributed by atoms with van der Waals surface area (Å²) in [5.74, 6) is 0.627. The molecule has 0 radical (unpaired) electrons. The fraction of sp³-hybridized carbons (Fsp3) is 0.474. The first-order valence-corrected chi connectivity index (χ1v) is 9.15. The van der Waals surface area contributed by atoms with Crippen LogP contribution in [0.15, 0.2) is 47.7 Å². The van der Waals surface area contributed by atoms with E-state index < -0.39 is 0 Å². The lowest BCUT2D eigenvalue weighted by Gasteiger charge is -2.19. The van der Waals surface area contributed by atoms with Crippen molar-refractivity contribution in [3.63, 3.8) is 0 Å². The number of guanidine groups is 1. The van der Waals surface area contributed by atoms with E-state index in [4.69, 9.17) is 0 Å². The SMILES string of the molecule is CCNC(=NCCCN(C)c1cccc(F)c1)NCCCn1cccn1.I. The molecular formula is C19H30FIN6. The van der Waals surface area contributed by atoms with Crippen LogP contribution in [0.5, 0.6) is 0 Å². The fourth-order valence-electron chi connectivity index (χ4n) is 2.56. The van der Waals surface area contributed by atoms with Crippen molar-refractivity contribution in [3.8, 4) is 0 Å². The Hall–Kier alpha value is -1.84. The molecule has 2 aromatic rings. The zero-order valence-corrected chi connectivity index (χ0v) is 18.4. The van der Waals surface area contributed by atoms with Crippen molar-refractivity contribution in [2.75, 3.05) is 38.1 Å². The number of rotatable bonds is 10. The van der Waals surface area contributed by atoms with Crippen LogP contribution in [0.1, 0.15) is 19.8 Å². The van der Waals surface area contributed by atoms with Crippen LogP contribution in [0.4, 0.5) is 10.1 Å². The first-order valence-electron chi connectivity index (χ1n) is 9.15. The van der Waals surface area contributed by atoms with Gasteiger partial charge in [0, 0.05) is 57.9 Å². The van der Waals surface area contributed by atoms with E-state index in [9.17, 15) is 4.39 Å². The minimum atomic E-state index is -0.207. The van der Waals surface area contributed by atoms with Gasteiger partial charge in [0.25, 0.3) is 0 Å². The van der Waals surface area contributed by atoms with Crippen LogP contribution in [0, 0.1) is 5.82 Å². The van der Waals surface area contributed by atoms with E-state index >= 15 is 0 Å². The molecule has 2 N–H and O–H groups in total. The number of aliphatic imine (C=N–C) groups is 1. The standard InChI is InChI=1S/C19H29FN6.HI/c1-3-21-19(23-11-6-14-26-15-7-12-24-26)22-10-5-13-25(2)18-9-4-8-17(20)16-18;/h4,7-9,12,15-16H,3,5-6,10-11,13-14H2,1-2H3,(H2,21,22,23);1H. The van der Waals surface area contributed by atoms with Crippen LogP contribution >= 0.6 is 24.0 Å². The molecule has 0 aliphatic heterocycles. The van der Waals surface area contributed by atoms with Gasteiger partial charge in [-0.05, 0) is 44.0 Å². The van der Waals surface area contributed by atoms with Gasteiger partial charge in [-0.15, -0.1) is 24.0 Å². The molecule has 150 valence electrons. The lowest BCUT2D eigenvalue weighted by Crippen LogP contribution is -2.38. The fourth-order valence-corrected chi connectivity index (χ4v) is 2.56. The van der Waals surface area contributed by atoms with Gasteiger partial charge >= 0.3 is 0 Å². The minimum absolute atomic E-state index is 0. The van der Waals surface area contributed by atoms with Crippen LogP contribution in [0.25, 0.3) is 0 Å². The van der Waals surface area contributed by atoms with E-state index in [-0.39, 0.29) is 29.8 Å². The summed E-state index contributed by atoms with van der Waals surface area (Å²) < 4.78 is 15.2. The van der Waals surface area contributed by atoms with Gasteiger partial charge in [-0.25, -0.2) is 4.39 Å². The topological polar surface area (TPSA) is 57.5 Å². The van der Waals surface area contributed by atoms with Gasteiger partial charge in [-0.3, -0.25) is 9.67 Å². The Kier molecular flexibility index (Phi) is 11.5. The van der Waals surface area contributed by atoms with Crippen molar-refractivity contribution in [3.05, 3.63) is 48.5 Å². The van der Waals surface area contributed by atoms with Crippen molar-refractivity contribution in [2.45, 2.75) is 26.3 Å². The summed E-state index contributed by atoms with van der Waals surface area (Å²) >= 11 is 0. The highest BCUT2D eigenvalue weighted by Crippen LogP contribution is 2.13. The van der Waals surface area contributed by atoms with Gasteiger partial charge in [0.15, 0.2) is 5.96 Å². The zero-order chi connectivity index (χ0) is 18.6. The van der Waals surface area contributed by atoms with Crippen LogP contribution in [0.2, 0.25) is 0 Å². The van der Waals surface area contributed by atoms with Crippen molar-refractivity contribution in [1.29, 1.82) is 0 Å². The van der Waals surface area contributed by atoms with Crippen LogP contribution in [0.3, 0.4) is 0 Å². The molecule has 0 spiro atoms. The summed E-state index contributed by atoms with van der Waals surface area (Å²) in [5, 5.41) is 10.8. The summed E-state index contributed by atoms with van der Waals surface area (Å²) in [7, 11) is 1.97. The Bertz CT molecular complexity index is 662. The van der Waals surface area contributed by atoms with E-state index in [2.05, 4.69) is 27.6 Å². The maximum absolute atomic E-state index is 13.3. The van der Waals surface area contributed by atoms with Gasteiger partial charge < -0.3 is 15.5 Å². The van der Waals surface area contributed by atoms with Crippen molar-refractivity contribution in [2.24, 2.45) is 4.99 Å². The maximum Gasteiger partial charge on any atom is 0.191 e. The second-order valence-electron chi connectivity index (χ2n) is 6.07. The highest BCUT2D eigenvalue weighted by molar-refractivity contribution is 14.0. The Morgan fingerprint density at radius 2 is 2.11 bits per heavy atom. The smallest absolute Gasteiger partial charge is 0.191 e. The zero-order valence-electron chi connectivity index (χ0n) is 16.1. The lowest BCUT2D eigenvalue weighted by molar-refractivity contribution is 0.570. The number of aromatic nitrogens is 2. The second-order valence-corrected chi connectivity index (χ2v) is 6.07. The third kappa shape index (κ3) is 9.07. The van der Waals surface area contributed by atoms with Crippen molar-refractivity contribution >= 4 is 35.6 Å². The molecule has 0 saturated carbocycles. The first-order chi connectivity index (χ1) is 12.7. The summed E-state index contributed by atoms with van der Waals surface area (Å²) in [4.78, 5) is 6.65. The molecule has 2 rings (SSSR count). The number of nitrogens with zero attached hydrogens (tertiary/aromatic N) is 4. The highest BCUT2D eigenvalue weighted by Gasteiger charge is 2.02. The number of hydrogen-bond acceptors (Lipinski definition) is 3. The Morgan fingerprint density at radius 1 is 1.26 bits per heavy atom. The largest absolute Gasteiger partial charge is 0.374 e. The van der Waals surface area contributed by atoms with Crippen LogP contribution in [-0.2, 0) is 6.54 Å². The first kappa shape index (κ1) is 23.2. The molecule has 1 aromatic carbocycles. The molecule has 6 nitrogen and oxygen atoms in total. The molecule has 0 aliphatic carbocycles. The molecule has 0 atom stereocenters. The Morgan fingerprint density at radius 3 is 2.81 bits per heavy atom. The summed E-state index contributed by atoms with van der Waals surface area (Å²) in [6, 6.07) is 8.59. The molecule has 0 saturated heterocycles. The van der Waals surface area contributed by atoms with E-state index in [1.807, 2.05) is 35.0 Å². The van der Waals surface area contributed by atoms with Crippen molar-refractivity contribution < 1.29 is 4.39 Å². The summed E-state index contributed by atoms with van der Waals surface area (Å²) in [6.45, 7) is 6.15. The number of benzene rings is 1. The van der Waals surface area contributed by atoms with Gasteiger partial charge in [0.05, 0.1) is 0 Å². The number of halogens is 2. The third-order valence-corrected chi connectivity index (χ3v) is 3.93. The monoisotopic (exact) mass is 488 g/mol. The van der Waals surface area contributed by atoms with Gasteiger partial charge in [-0.2, -0.15) is 5.10 Å².